The molecular formula is C23H19BrCl4N2O5. The number of anilines is 1. The molecule has 2 aromatic carbocycles. The van der Waals surface area contributed by atoms with E-state index in [4.69, 9.17) is 51.1 Å². The molecule has 3 amide bonds. The first kappa shape index (κ1) is 27.7. The summed E-state index contributed by atoms with van der Waals surface area (Å²) in [7, 11) is 0. The highest BCUT2D eigenvalue weighted by Gasteiger charge is 2.48. The molecule has 0 fully saturated rings. The number of esters is 1. The van der Waals surface area contributed by atoms with Crippen LogP contribution < -0.4 is 5.32 Å². The number of fused-ring (bicyclic) bond motifs is 1. The molecule has 3 rings (SSSR count). The lowest BCUT2D eigenvalue weighted by atomic mass is 10.0. The SMILES string of the molecule is Cc1c(Br)ccc(NC(=O)COC(=O)[C@H](C(C)C)N2C(=O)c3c(Cl)c(Cl)c(Cl)c(Cl)c3C2=O)c1C. The van der Waals surface area contributed by atoms with Crippen molar-refractivity contribution in [3.63, 3.8) is 0 Å². The summed E-state index contributed by atoms with van der Waals surface area (Å²) in [5.74, 6) is -3.82. The van der Waals surface area contributed by atoms with E-state index in [1.165, 1.54) is 0 Å². The van der Waals surface area contributed by atoms with Gasteiger partial charge in [-0.2, -0.15) is 0 Å². The molecule has 0 aromatic heterocycles. The Morgan fingerprint density at radius 1 is 0.943 bits per heavy atom. The van der Waals surface area contributed by atoms with Crippen molar-refractivity contribution in [2.45, 2.75) is 33.7 Å². The number of ether oxygens (including phenoxy) is 1. The third kappa shape index (κ3) is 5.04. The number of halogens is 5. The van der Waals surface area contributed by atoms with Gasteiger partial charge in [-0.3, -0.25) is 19.3 Å². The summed E-state index contributed by atoms with van der Waals surface area (Å²) in [6, 6.07) is 2.15. The van der Waals surface area contributed by atoms with Crippen molar-refractivity contribution in [2.24, 2.45) is 5.92 Å². The molecule has 0 aliphatic carbocycles. The maximum absolute atomic E-state index is 13.1. The van der Waals surface area contributed by atoms with Crippen LogP contribution in [0.4, 0.5) is 5.69 Å². The van der Waals surface area contributed by atoms with E-state index in [1.807, 2.05) is 13.8 Å². The Hall–Kier alpha value is -1.84. The van der Waals surface area contributed by atoms with Gasteiger partial charge in [0.15, 0.2) is 6.61 Å². The van der Waals surface area contributed by atoms with Gasteiger partial charge in [0.25, 0.3) is 17.7 Å². The maximum Gasteiger partial charge on any atom is 0.330 e. The summed E-state index contributed by atoms with van der Waals surface area (Å²) in [5, 5.41) is 1.83. The molecule has 1 atom stereocenters. The second-order valence-corrected chi connectivity index (χ2v) is 10.5. The van der Waals surface area contributed by atoms with Gasteiger partial charge >= 0.3 is 5.97 Å². The Morgan fingerprint density at radius 3 is 1.94 bits per heavy atom. The zero-order valence-corrected chi connectivity index (χ0v) is 23.5. The molecule has 1 aliphatic rings. The van der Waals surface area contributed by atoms with Gasteiger partial charge in [0, 0.05) is 10.2 Å². The Balaban J connectivity index is 1.81. The fourth-order valence-corrected chi connectivity index (χ4v) is 5.07. The highest BCUT2D eigenvalue weighted by atomic mass is 79.9. The number of carbonyl (C=O) groups excluding carboxylic acids is 4. The quantitative estimate of drug-likeness (QED) is 0.172. The molecule has 1 heterocycles. The summed E-state index contributed by atoms with van der Waals surface area (Å²) in [5.41, 5.74) is 1.87. The molecule has 7 nitrogen and oxygen atoms in total. The summed E-state index contributed by atoms with van der Waals surface area (Å²) in [6.07, 6.45) is 0. The van der Waals surface area contributed by atoms with E-state index < -0.39 is 42.3 Å². The molecule has 35 heavy (non-hydrogen) atoms. The number of carbonyl (C=O) groups is 4. The van der Waals surface area contributed by atoms with Crippen LogP contribution in [-0.4, -0.2) is 41.2 Å². The molecule has 0 saturated heterocycles. The Labute approximate surface area is 230 Å². The lowest BCUT2D eigenvalue weighted by molar-refractivity contribution is -0.152. The average Bonchev–Trinajstić information content (AvgIpc) is 3.05. The third-order valence-electron chi connectivity index (χ3n) is 5.62. The molecule has 0 spiro atoms. The van der Waals surface area contributed by atoms with Crippen molar-refractivity contribution < 1.29 is 23.9 Å². The molecule has 1 aliphatic heterocycles. The molecule has 12 heteroatoms. The Bertz CT molecular complexity index is 1230. The van der Waals surface area contributed by atoms with Crippen LogP contribution in [-0.2, 0) is 14.3 Å². The van der Waals surface area contributed by atoms with Crippen molar-refractivity contribution in [3.05, 3.63) is 58.9 Å². The van der Waals surface area contributed by atoms with Gasteiger partial charge in [0.05, 0.1) is 31.2 Å². The minimum atomic E-state index is -1.35. The van der Waals surface area contributed by atoms with E-state index >= 15 is 0 Å². The van der Waals surface area contributed by atoms with Crippen LogP contribution in [0.1, 0.15) is 45.7 Å². The summed E-state index contributed by atoms with van der Waals surface area (Å²) >= 11 is 27.9. The fraction of sp³-hybridized carbons (Fsp3) is 0.304. The third-order valence-corrected chi connectivity index (χ3v) is 8.29. The van der Waals surface area contributed by atoms with E-state index in [9.17, 15) is 19.2 Å². The first-order chi connectivity index (χ1) is 16.3. The Morgan fingerprint density at radius 2 is 1.46 bits per heavy atom. The molecule has 1 N–H and O–H groups in total. The van der Waals surface area contributed by atoms with Crippen molar-refractivity contribution in [1.29, 1.82) is 0 Å². The lowest BCUT2D eigenvalue weighted by Crippen LogP contribution is -2.49. The minimum absolute atomic E-state index is 0.182. The number of benzene rings is 2. The second kappa shape index (κ2) is 10.6. The molecule has 2 aromatic rings. The van der Waals surface area contributed by atoms with Gasteiger partial charge in [0.1, 0.15) is 6.04 Å². The fourth-order valence-electron chi connectivity index (χ4n) is 3.63. The molecule has 0 saturated carbocycles. The molecule has 186 valence electrons. The van der Waals surface area contributed by atoms with Crippen LogP contribution in [0.15, 0.2) is 16.6 Å². The predicted octanol–water partition coefficient (Wildman–Crippen LogP) is 6.48. The number of nitrogens with zero attached hydrogens (tertiary/aromatic N) is 1. The van der Waals surface area contributed by atoms with Crippen LogP contribution in [0.25, 0.3) is 0 Å². The summed E-state index contributed by atoms with van der Waals surface area (Å²) < 4.78 is 6.08. The molecule has 0 bridgehead atoms. The second-order valence-electron chi connectivity index (χ2n) is 8.18. The lowest BCUT2D eigenvalue weighted by Gasteiger charge is -2.27. The first-order valence-corrected chi connectivity index (χ1v) is 12.6. The molecular weight excluding hydrogens is 606 g/mol. The number of imide groups is 1. The predicted molar refractivity (Wildman–Crippen MR) is 139 cm³/mol. The first-order valence-electron chi connectivity index (χ1n) is 10.3. The van der Waals surface area contributed by atoms with Crippen LogP contribution in [0.2, 0.25) is 20.1 Å². The van der Waals surface area contributed by atoms with Gasteiger partial charge in [0.2, 0.25) is 0 Å². The van der Waals surface area contributed by atoms with E-state index in [0.717, 1.165) is 15.6 Å². The number of amides is 3. The van der Waals surface area contributed by atoms with Crippen LogP contribution >= 0.6 is 62.3 Å². The minimum Gasteiger partial charge on any atom is -0.454 e. The monoisotopic (exact) mass is 622 g/mol. The van der Waals surface area contributed by atoms with Crippen LogP contribution in [0, 0.1) is 19.8 Å². The average molecular weight is 625 g/mol. The normalized spacial score (nSPS) is 13.8. The zero-order valence-electron chi connectivity index (χ0n) is 18.9. The van der Waals surface area contributed by atoms with E-state index in [1.54, 1.807) is 26.0 Å². The number of hydrogen-bond donors (Lipinski definition) is 1. The zero-order chi connectivity index (χ0) is 26.4. The van der Waals surface area contributed by atoms with Gasteiger partial charge in [-0.15, -0.1) is 0 Å². The topological polar surface area (TPSA) is 92.8 Å². The standard InChI is InChI=1S/C23H19BrCl4N2O5/c1-8(2)20(23(34)35-7-13(31)29-12-6-5-11(24)9(3)10(12)4)30-21(32)14-15(22(30)33)17(26)19(28)18(27)16(14)25/h5-6,8,20H,7H2,1-4H3,(H,29,31)/t20-/m0/s1. The van der Waals surface area contributed by atoms with Crippen molar-refractivity contribution in [1.82, 2.24) is 4.90 Å². The van der Waals surface area contributed by atoms with Gasteiger partial charge in [-0.05, 0) is 43.0 Å². The summed E-state index contributed by atoms with van der Waals surface area (Å²) in [6.45, 7) is 6.34. The number of rotatable bonds is 6. The smallest absolute Gasteiger partial charge is 0.330 e. The molecule has 0 radical (unpaired) electrons. The van der Waals surface area contributed by atoms with Crippen molar-refractivity contribution >= 4 is 91.7 Å². The highest BCUT2D eigenvalue weighted by Crippen LogP contribution is 2.45. The van der Waals surface area contributed by atoms with Crippen molar-refractivity contribution in [3.8, 4) is 0 Å². The van der Waals surface area contributed by atoms with Gasteiger partial charge in [-0.1, -0.05) is 76.2 Å². The van der Waals surface area contributed by atoms with E-state index in [2.05, 4.69) is 21.2 Å². The van der Waals surface area contributed by atoms with E-state index in [-0.39, 0.29) is 31.2 Å². The van der Waals surface area contributed by atoms with Crippen molar-refractivity contribution in [2.75, 3.05) is 11.9 Å². The van der Waals surface area contributed by atoms with Crippen LogP contribution in [0.5, 0.6) is 0 Å². The van der Waals surface area contributed by atoms with Crippen LogP contribution in [0.3, 0.4) is 0 Å². The maximum atomic E-state index is 13.1. The Kier molecular flexibility index (Phi) is 8.44. The number of hydrogen-bond acceptors (Lipinski definition) is 5. The molecule has 0 unspecified atom stereocenters. The van der Waals surface area contributed by atoms with Gasteiger partial charge in [-0.25, -0.2) is 4.79 Å². The van der Waals surface area contributed by atoms with E-state index in [0.29, 0.717) is 10.6 Å². The largest absolute Gasteiger partial charge is 0.454 e. The number of nitrogens with one attached hydrogen (secondary N) is 1. The highest BCUT2D eigenvalue weighted by molar-refractivity contribution is 9.10. The summed E-state index contributed by atoms with van der Waals surface area (Å²) in [4.78, 5) is 52.4. The van der Waals surface area contributed by atoms with Gasteiger partial charge < -0.3 is 10.1 Å².